The van der Waals surface area contributed by atoms with E-state index in [4.69, 9.17) is 14.2 Å². The lowest BCUT2D eigenvalue weighted by atomic mass is 10.0. The van der Waals surface area contributed by atoms with Crippen LogP contribution in [0.5, 0.6) is 11.5 Å². The number of Topliss-reactive ketones (excluding diaryl/α,β-unsaturated/α-hetero) is 1. The number of thiophene rings is 1. The van der Waals surface area contributed by atoms with Gasteiger partial charge in [0.15, 0.2) is 17.3 Å². The average molecular weight is 503 g/mol. The molecule has 11 nitrogen and oxygen atoms in total. The van der Waals surface area contributed by atoms with Crippen LogP contribution in [0.4, 0.5) is 5.69 Å². The fraction of sp³-hybridized carbons (Fsp3) is 0.304. The number of aromatic hydroxyl groups is 1. The van der Waals surface area contributed by atoms with Crippen LogP contribution in [0.15, 0.2) is 17.7 Å². The number of ketones is 1. The molecule has 0 aliphatic heterocycles. The van der Waals surface area contributed by atoms with Crippen molar-refractivity contribution in [3.8, 4) is 17.6 Å². The van der Waals surface area contributed by atoms with Crippen molar-refractivity contribution in [1.82, 2.24) is 0 Å². The molecule has 0 amide bonds. The van der Waals surface area contributed by atoms with Crippen LogP contribution in [0.25, 0.3) is 6.08 Å². The molecule has 0 saturated heterocycles. The Bertz CT molecular complexity index is 1250. The third-order valence-corrected chi connectivity index (χ3v) is 5.99. The molecule has 1 heterocycles. The van der Waals surface area contributed by atoms with Crippen LogP contribution < -0.4 is 4.74 Å². The van der Waals surface area contributed by atoms with Gasteiger partial charge in [-0.25, -0.2) is 9.59 Å². The molecule has 184 valence electrons. The molecule has 0 saturated carbocycles. The minimum atomic E-state index is -0.750. The molecule has 0 aliphatic rings. The maximum absolute atomic E-state index is 13.0. The number of esters is 2. The summed E-state index contributed by atoms with van der Waals surface area (Å²) in [5.74, 6) is -2.86. The molecule has 0 aliphatic carbocycles. The van der Waals surface area contributed by atoms with Gasteiger partial charge in [0.1, 0.15) is 10.9 Å². The van der Waals surface area contributed by atoms with Crippen LogP contribution in [-0.4, -0.2) is 48.1 Å². The summed E-state index contributed by atoms with van der Waals surface area (Å²) in [5.41, 5.74) is -0.723. The summed E-state index contributed by atoms with van der Waals surface area (Å²) < 4.78 is 15.0. The SMILES string of the molecule is CCOC(=O)c1sc(CC(=O)/C(C#N)=C\c2cc([N+](=O)[O-])cc(OC)c2O)c(C(=O)OCC)c1C. The van der Waals surface area contributed by atoms with E-state index in [1.165, 1.54) is 14.0 Å². The van der Waals surface area contributed by atoms with Gasteiger partial charge in [-0.1, -0.05) is 0 Å². The highest BCUT2D eigenvalue weighted by Crippen LogP contribution is 2.36. The predicted molar refractivity (Wildman–Crippen MR) is 125 cm³/mol. The summed E-state index contributed by atoms with van der Waals surface area (Å²) in [6.07, 6.45) is 0.551. The monoisotopic (exact) mass is 502 g/mol. The van der Waals surface area contributed by atoms with Crippen molar-refractivity contribution in [2.45, 2.75) is 27.2 Å². The van der Waals surface area contributed by atoms with E-state index in [1.54, 1.807) is 19.9 Å². The van der Waals surface area contributed by atoms with Gasteiger partial charge in [-0.3, -0.25) is 14.9 Å². The molecule has 12 heteroatoms. The smallest absolute Gasteiger partial charge is 0.348 e. The number of carbonyl (C=O) groups is 3. The van der Waals surface area contributed by atoms with Crippen LogP contribution in [0, 0.1) is 28.4 Å². The van der Waals surface area contributed by atoms with Gasteiger partial charge >= 0.3 is 11.9 Å². The Morgan fingerprint density at radius 2 is 1.83 bits per heavy atom. The van der Waals surface area contributed by atoms with E-state index in [9.17, 15) is 34.9 Å². The number of carbonyl (C=O) groups excluding carboxylic acids is 3. The van der Waals surface area contributed by atoms with Crippen LogP contribution in [0.1, 0.15) is 49.9 Å². The van der Waals surface area contributed by atoms with Crippen LogP contribution in [-0.2, 0) is 20.7 Å². The molecule has 0 bridgehead atoms. The summed E-state index contributed by atoms with van der Waals surface area (Å²) in [6.45, 7) is 4.93. The number of phenolic OH excluding ortho intramolecular Hbond substituents is 1. The molecule has 1 aromatic heterocycles. The zero-order valence-corrected chi connectivity index (χ0v) is 20.2. The quantitative estimate of drug-likeness (QED) is 0.166. The number of nitro groups is 1. The van der Waals surface area contributed by atoms with Crippen LogP contribution in [0.2, 0.25) is 0 Å². The van der Waals surface area contributed by atoms with Gasteiger partial charge in [0.2, 0.25) is 0 Å². The van der Waals surface area contributed by atoms with Crippen LogP contribution in [0.3, 0.4) is 0 Å². The summed E-state index contributed by atoms with van der Waals surface area (Å²) in [6, 6.07) is 3.69. The van der Waals surface area contributed by atoms with E-state index >= 15 is 0 Å². The number of hydrogen-bond acceptors (Lipinski definition) is 11. The number of methoxy groups -OCH3 is 1. The number of benzene rings is 1. The second-order valence-corrected chi connectivity index (χ2v) is 8.01. The minimum absolute atomic E-state index is 0.0328. The van der Waals surface area contributed by atoms with Gasteiger partial charge in [-0.15, -0.1) is 11.3 Å². The molecule has 35 heavy (non-hydrogen) atoms. The highest BCUT2D eigenvalue weighted by atomic mass is 32.1. The lowest BCUT2D eigenvalue weighted by Crippen LogP contribution is -2.12. The number of allylic oxidation sites excluding steroid dienone is 1. The van der Waals surface area contributed by atoms with E-state index < -0.39 is 46.1 Å². The lowest BCUT2D eigenvalue weighted by molar-refractivity contribution is -0.385. The number of nitro benzene ring substituents is 1. The Hall–Kier alpha value is -4.24. The third-order valence-electron chi connectivity index (χ3n) is 4.72. The molecule has 2 rings (SSSR count). The minimum Gasteiger partial charge on any atom is -0.504 e. The topological polar surface area (TPSA) is 166 Å². The summed E-state index contributed by atoms with van der Waals surface area (Å²) in [7, 11) is 1.19. The molecule has 1 N–H and O–H groups in total. The number of phenols is 1. The van der Waals surface area contributed by atoms with Gasteiger partial charge < -0.3 is 19.3 Å². The molecule has 0 spiro atoms. The number of non-ortho nitro benzene ring substituents is 1. The first-order valence-corrected chi connectivity index (χ1v) is 11.1. The van der Waals surface area contributed by atoms with Gasteiger partial charge in [0.25, 0.3) is 5.69 Å². The van der Waals surface area contributed by atoms with Crippen molar-refractivity contribution in [3.05, 3.63) is 54.3 Å². The third kappa shape index (κ3) is 6.01. The van der Waals surface area contributed by atoms with Crippen molar-refractivity contribution in [2.75, 3.05) is 20.3 Å². The average Bonchev–Trinajstić information content (AvgIpc) is 3.14. The molecule has 0 atom stereocenters. The second kappa shape index (κ2) is 11.8. The molecular formula is C23H22N2O9S. The van der Waals surface area contributed by atoms with Crippen molar-refractivity contribution in [1.29, 1.82) is 5.26 Å². The maximum atomic E-state index is 13.0. The van der Waals surface area contributed by atoms with E-state index in [0.29, 0.717) is 5.56 Å². The van der Waals surface area contributed by atoms with E-state index in [0.717, 1.165) is 29.5 Å². The first-order valence-electron chi connectivity index (χ1n) is 10.3. The summed E-state index contributed by atoms with van der Waals surface area (Å²) in [4.78, 5) is 48.6. The number of nitriles is 1. The molecule has 0 unspecified atom stereocenters. The fourth-order valence-electron chi connectivity index (χ4n) is 3.12. The fourth-order valence-corrected chi connectivity index (χ4v) is 4.30. The van der Waals surface area contributed by atoms with Crippen molar-refractivity contribution >= 4 is 40.8 Å². The normalized spacial score (nSPS) is 10.9. The van der Waals surface area contributed by atoms with Crippen molar-refractivity contribution < 1.29 is 38.6 Å². The Morgan fingerprint density at radius 3 is 2.37 bits per heavy atom. The van der Waals surface area contributed by atoms with E-state index in [2.05, 4.69) is 0 Å². The molecule has 0 fully saturated rings. The standard InChI is InChI=1S/C23H22N2O9S/c1-5-33-22(28)19-12(3)21(23(29)34-6-2)35-18(19)10-16(26)14(11-24)7-13-8-15(25(30)31)9-17(32-4)20(13)27/h7-9,27H,5-6,10H2,1-4H3/b14-7-. The van der Waals surface area contributed by atoms with Gasteiger partial charge in [-0.05, 0) is 32.4 Å². The summed E-state index contributed by atoms with van der Waals surface area (Å²) >= 11 is 0.875. The second-order valence-electron chi connectivity index (χ2n) is 6.91. The summed E-state index contributed by atoms with van der Waals surface area (Å²) in [5, 5.41) is 31.1. The number of rotatable bonds is 10. The number of ether oxygens (including phenoxy) is 3. The maximum Gasteiger partial charge on any atom is 0.348 e. The molecular weight excluding hydrogens is 480 g/mol. The van der Waals surface area contributed by atoms with Gasteiger partial charge in [-0.2, -0.15) is 5.26 Å². The number of hydrogen-bond donors (Lipinski definition) is 1. The van der Waals surface area contributed by atoms with Crippen molar-refractivity contribution in [2.24, 2.45) is 0 Å². The van der Waals surface area contributed by atoms with Gasteiger partial charge in [0.05, 0.1) is 42.4 Å². The van der Waals surface area contributed by atoms with E-state index in [1.807, 2.05) is 0 Å². The highest BCUT2D eigenvalue weighted by molar-refractivity contribution is 7.14. The highest BCUT2D eigenvalue weighted by Gasteiger charge is 2.28. The Morgan fingerprint density at radius 1 is 1.20 bits per heavy atom. The first-order chi connectivity index (χ1) is 16.6. The first kappa shape index (κ1) is 27.0. The molecule has 0 radical (unpaired) electrons. The van der Waals surface area contributed by atoms with Crippen LogP contribution >= 0.6 is 11.3 Å². The van der Waals surface area contributed by atoms with Crippen molar-refractivity contribution in [3.63, 3.8) is 0 Å². The Kier molecular flexibility index (Phi) is 9.07. The Balaban J connectivity index is 2.54. The zero-order chi connectivity index (χ0) is 26.3. The van der Waals surface area contributed by atoms with E-state index in [-0.39, 0.29) is 39.8 Å². The predicted octanol–water partition coefficient (Wildman–Crippen LogP) is 3.75. The largest absolute Gasteiger partial charge is 0.504 e. The molecule has 2 aromatic rings. The molecule has 1 aromatic carbocycles. The zero-order valence-electron chi connectivity index (χ0n) is 19.4. The Labute approximate surface area is 204 Å². The lowest BCUT2D eigenvalue weighted by Gasteiger charge is -2.07. The number of nitrogens with zero attached hydrogens (tertiary/aromatic N) is 2. The van der Waals surface area contributed by atoms with Gasteiger partial charge in [0, 0.05) is 22.9 Å².